The number of fused-ring (bicyclic) bond motifs is 12. The summed E-state index contributed by atoms with van der Waals surface area (Å²) >= 11 is 0. The number of nitrogens with zero attached hydrogens (tertiary/aromatic N) is 3. The van der Waals surface area contributed by atoms with Crippen LogP contribution in [0, 0.1) is 6.92 Å². The predicted molar refractivity (Wildman–Crippen MR) is 263 cm³/mol. The molecular formula is C57H42BN3O. The second kappa shape index (κ2) is 13.5. The minimum Gasteiger partial charge on any atom is -0.454 e. The summed E-state index contributed by atoms with van der Waals surface area (Å²) in [6, 6.07) is 67.5. The molecule has 5 heteroatoms. The second-order valence-corrected chi connectivity index (χ2v) is 17.2. The molecule has 4 heterocycles. The van der Waals surface area contributed by atoms with Gasteiger partial charge in [0, 0.05) is 66.6 Å². The van der Waals surface area contributed by atoms with E-state index in [-0.39, 0.29) is 6.85 Å². The third kappa shape index (κ3) is 5.02. The fraction of sp³-hybridized carbons (Fsp3) is 0.0877. The Hall–Kier alpha value is -7.50. The Morgan fingerprint density at radius 1 is 0.565 bits per heavy atom. The number of hydrogen-bond donors (Lipinski definition) is 0. The Morgan fingerprint density at radius 3 is 2.18 bits per heavy atom. The van der Waals surface area contributed by atoms with Crippen LogP contribution in [0.25, 0.3) is 65.6 Å². The fourth-order valence-electron chi connectivity index (χ4n) is 10.9. The normalized spacial score (nSPS) is 12.8. The van der Waals surface area contributed by atoms with E-state index in [0.29, 0.717) is 0 Å². The first-order valence-electron chi connectivity index (χ1n) is 22.0. The van der Waals surface area contributed by atoms with Gasteiger partial charge in [0.1, 0.15) is 5.58 Å². The second-order valence-electron chi connectivity index (χ2n) is 17.2. The zero-order chi connectivity index (χ0) is 41.1. The first kappa shape index (κ1) is 35.3. The number of hydrogen-bond acceptors (Lipinski definition) is 3. The van der Waals surface area contributed by atoms with Gasteiger partial charge in [-0.2, -0.15) is 0 Å². The van der Waals surface area contributed by atoms with Crippen molar-refractivity contribution in [1.82, 2.24) is 4.48 Å². The lowest BCUT2D eigenvalue weighted by atomic mass is 9.45. The average Bonchev–Trinajstić information content (AvgIpc) is 3.87. The first-order valence-corrected chi connectivity index (χ1v) is 22.0. The minimum atomic E-state index is -0.105. The highest BCUT2D eigenvalue weighted by Crippen LogP contribution is 2.49. The van der Waals surface area contributed by atoms with Crippen LogP contribution < -0.4 is 20.7 Å². The van der Waals surface area contributed by atoms with E-state index in [2.05, 4.69) is 210 Å². The van der Waals surface area contributed by atoms with Gasteiger partial charge in [0.05, 0.1) is 5.69 Å². The van der Waals surface area contributed by atoms with E-state index in [1.807, 2.05) is 0 Å². The quantitative estimate of drug-likeness (QED) is 0.150. The molecule has 2 aliphatic heterocycles. The van der Waals surface area contributed by atoms with Gasteiger partial charge in [-0.25, -0.2) is 0 Å². The lowest BCUT2D eigenvalue weighted by molar-refractivity contribution is 0.669. The molecule has 0 saturated heterocycles. The SMILES string of the molecule is CCCCc1ccc(N(c2ccccc2)c2ccc3c(c2)B2c4c(cc(C)cc4N3c3cccc4c3oc3ccccc34)-c3cccc4c5c6ccccc6ccc5n2c34)cc1. The van der Waals surface area contributed by atoms with Crippen LogP contribution in [0.5, 0.6) is 0 Å². The molecule has 2 aromatic heterocycles. The summed E-state index contributed by atoms with van der Waals surface area (Å²) in [5.41, 5.74) is 18.8. The monoisotopic (exact) mass is 795 g/mol. The number of aromatic nitrogens is 1. The molecule has 0 spiro atoms. The van der Waals surface area contributed by atoms with Crippen molar-refractivity contribution in [3.8, 4) is 11.1 Å². The number of para-hydroxylation sites is 4. The van der Waals surface area contributed by atoms with Crippen molar-refractivity contribution < 1.29 is 4.42 Å². The Balaban J connectivity index is 1.13. The topological polar surface area (TPSA) is 24.6 Å². The van der Waals surface area contributed by atoms with Crippen LogP contribution in [0.1, 0.15) is 30.9 Å². The van der Waals surface area contributed by atoms with E-state index in [0.717, 1.165) is 56.8 Å². The van der Waals surface area contributed by atoms with Gasteiger partial charge in [-0.15, -0.1) is 0 Å². The fourth-order valence-corrected chi connectivity index (χ4v) is 10.9. The third-order valence-electron chi connectivity index (χ3n) is 13.5. The summed E-state index contributed by atoms with van der Waals surface area (Å²) < 4.78 is 9.51. The lowest BCUT2D eigenvalue weighted by Gasteiger charge is -2.41. The summed E-state index contributed by atoms with van der Waals surface area (Å²) in [5, 5.41) is 7.40. The van der Waals surface area contributed by atoms with E-state index in [4.69, 9.17) is 4.42 Å². The van der Waals surface area contributed by atoms with Gasteiger partial charge in [0.2, 0.25) is 0 Å². The molecule has 62 heavy (non-hydrogen) atoms. The number of rotatable bonds is 7. The lowest BCUT2D eigenvalue weighted by Crippen LogP contribution is -2.56. The molecule has 0 radical (unpaired) electrons. The van der Waals surface area contributed by atoms with Gasteiger partial charge in [-0.05, 0) is 125 Å². The maximum atomic E-state index is 6.84. The van der Waals surface area contributed by atoms with Crippen LogP contribution in [0.4, 0.5) is 34.1 Å². The Kier molecular flexibility index (Phi) is 7.69. The van der Waals surface area contributed by atoms with Gasteiger partial charge in [-0.1, -0.05) is 129 Å². The zero-order valence-electron chi connectivity index (χ0n) is 34.8. The smallest absolute Gasteiger partial charge is 0.333 e. The summed E-state index contributed by atoms with van der Waals surface area (Å²) in [7, 11) is 0. The third-order valence-corrected chi connectivity index (χ3v) is 13.5. The van der Waals surface area contributed by atoms with E-state index < -0.39 is 0 Å². The standard InChI is InChI=1S/C57H42BN3O/c1-3-4-14-37-25-28-40(29-26-37)59(39-16-6-5-7-17-39)41-30-32-49-48(35-41)58-55-47(44-20-12-22-46-54-42-18-9-8-15-38(42)27-31-50(54)61(58)56(44)46)33-36(2)34-52(55)60(49)51-23-13-21-45-43-19-10-11-24-53(43)62-57(45)51/h5-13,15-35H,3-4,14H2,1-2H3. The van der Waals surface area contributed by atoms with Crippen molar-refractivity contribution in [3.05, 3.63) is 193 Å². The Bertz CT molecular complexity index is 3600. The van der Waals surface area contributed by atoms with Crippen molar-refractivity contribution in [2.24, 2.45) is 0 Å². The van der Waals surface area contributed by atoms with Gasteiger partial charge in [0.25, 0.3) is 0 Å². The maximum absolute atomic E-state index is 6.84. The molecule has 11 aromatic rings. The van der Waals surface area contributed by atoms with E-state index in [9.17, 15) is 0 Å². The molecule has 4 nitrogen and oxygen atoms in total. The molecule has 2 aliphatic rings. The highest BCUT2D eigenvalue weighted by atomic mass is 16.3. The molecule has 0 fully saturated rings. The van der Waals surface area contributed by atoms with Crippen LogP contribution in [0.2, 0.25) is 0 Å². The highest BCUT2D eigenvalue weighted by molar-refractivity contribution is 6.90. The summed E-state index contributed by atoms with van der Waals surface area (Å²) in [6.45, 7) is 4.40. The molecule has 0 atom stereocenters. The molecule has 0 bridgehead atoms. The molecule has 0 N–H and O–H groups in total. The van der Waals surface area contributed by atoms with Crippen LogP contribution in [-0.4, -0.2) is 11.3 Å². The summed E-state index contributed by atoms with van der Waals surface area (Å²) in [6.07, 6.45) is 3.47. The molecule has 0 saturated carbocycles. The van der Waals surface area contributed by atoms with Crippen molar-refractivity contribution in [1.29, 1.82) is 0 Å². The van der Waals surface area contributed by atoms with E-state index in [1.54, 1.807) is 0 Å². The average molecular weight is 796 g/mol. The predicted octanol–water partition coefficient (Wildman–Crippen LogP) is 14.4. The molecule has 0 unspecified atom stereocenters. The van der Waals surface area contributed by atoms with Gasteiger partial charge in [-0.3, -0.25) is 0 Å². The van der Waals surface area contributed by atoms with Crippen molar-refractivity contribution in [3.63, 3.8) is 0 Å². The zero-order valence-corrected chi connectivity index (χ0v) is 34.8. The molecule has 0 amide bonds. The van der Waals surface area contributed by atoms with Gasteiger partial charge in [0.15, 0.2) is 5.58 Å². The maximum Gasteiger partial charge on any atom is 0.333 e. The Morgan fingerprint density at radius 2 is 1.31 bits per heavy atom. The molecule has 9 aromatic carbocycles. The van der Waals surface area contributed by atoms with Gasteiger partial charge >= 0.3 is 6.85 Å². The molecule has 0 aliphatic carbocycles. The number of furan rings is 1. The van der Waals surface area contributed by atoms with Crippen LogP contribution in [0.15, 0.2) is 186 Å². The van der Waals surface area contributed by atoms with Crippen molar-refractivity contribution in [2.45, 2.75) is 33.1 Å². The van der Waals surface area contributed by atoms with Crippen LogP contribution in [0.3, 0.4) is 0 Å². The minimum absolute atomic E-state index is 0.105. The largest absolute Gasteiger partial charge is 0.454 e. The highest BCUT2D eigenvalue weighted by Gasteiger charge is 2.44. The van der Waals surface area contributed by atoms with Crippen LogP contribution >= 0.6 is 0 Å². The molecule has 13 rings (SSSR count). The number of benzene rings is 9. The van der Waals surface area contributed by atoms with E-state index >= 15 is 0 Å². The van der Waals surface area contributed by atoms with Crippen LogP contribution in [-0.2, 0) is 6.42 Å². The summed E-state index contributed by atoms with van der Waals surface area (Å²) in [5.74, 6) is 0. The number of anilines is 6. The number of aryl methyl sites for hydroxylation is 2. The van der Waals surface area contributed by atoms with Crippen molar-refractivity contribution in [2.75, 3.05) is 9.80 Å². The Labute approximate surface area is 361 Å². The number of unbranched alkanes of at least 4 members (excludes halogenated alkanes) is 1. The molecular weight excluding hydrogens is 753 g/mol. The molecule has 294 valence electrons. The first-order chi connectivity index (χ1) is 30.6. The van der Waals surface area contributed by atoms with E-state index in [1.165, 1.54) is 84.3 Å². The van der Waals surface area contributed by atoms with Crippen molar-refractivity contribution >= 4 is 106 Å². The van der Waals surface area contributed by atoms with Gasteiger partial charge < -0.3 is 18.7 Å². The summed E-state index contributed by atoms with van der Waals surface area (Å²) in [4.78, 5) is 4.92.